The Morgan fingerprint density at radius 2 is 2.12 bits per heavy atom. The lowest BCUT2D eigenvalue weighted by Gasteiger charge is -2.22. The largest absolute Gasteiger partial charge is 0.489 e. The summed E-state index contributed by atoms with van der Waals surface area (Å²) in [5.41, 5.74) is 3.60. The van der Waals surface area contributed by atoms with E-state index in [1.165, 1.54) is 5.56 Å². The average molecular weight is 216 g/mol. The first-order valence-electron chi connectivity index (χ1n) is 5.68. The highest BCUT2D eigenvalue weighted by Gasteiger charge is 2.20. The van der Waals surface area contributed by atoms with Crippen molar-refractivity contribution in [2.24, 2.45) is 0 Å². The number of nitrogens with zero attached hydrogens (tertiary/aromatic N) is 2. The van der Waals surface area contributed by atoms with Gasteiger partial charge in [0.1, 0.15) is 17.9 Å². The first-order chi connectivity index (χ1) is 7.55. The summed E-state index contributed by atoms with van der Waals surface area (Å²) in [7, 11) is 0. The van der Waals surface area contributed by atoms with Gasteiger partial charge in [0.2, 0.25) is 0 Å². The van der Waals surface area contributed by atoms with E-state index in [-0.39, 0.29) is 5.41 Å². The summed E-state index contributed by atoms with van der Waals surface area (Å²) in [6.07, 6.45) is 1.91. The van der Waals surface area contributed by atoms with Crippen molar-refractivity contribution in [3.05, 3.63) is 24.0 Å². The van der Waals surface area contributed by atoms with Crippen LogP contribution in [0.4, 0.5) is 0 Å². The fraction of sp³-hybridized carbons (Fsp3) is 0.462. The van der Waals surface area contributed by atoms with Gasteiger partial charge in [0.05, 0.1) is 18.4 Å². The summed E-state index contributed by atoms with van der Waals surface area (Å²) in [4.78, 5) is 4.45. The Morgan fingerprint density at radius 3 is 2.88 bits per heavy atom. The molecule has 3 nitrogen and oxygen atoms in total. The number of aromatic nitrogens is 2. The highest BCUT2D eigenvalue weighted by atomic mass is 16.5. The molecule has 0 N–H and O–H groups in total. The molecule has 1 aliphatic heterocycles. The van der Waals surface area contributed by atoms with Gasteiger partial charge in [-0.05, 0) is 23.1 Å². The third kappa shape index (κ3) is 1.31. The Bertz CT molecular complexity index is 549. The van der Waals surface area contributed by atoms with E-state index in [9.17, 15) is 0 Å². The summed E-state index contributed by atoms with van der Waals surface area (Å²) < 4.78 is 7.90. The van der Waals surface area contributed by atoms with Gasteiger partial charge in [0.15, 0.2) is 0 Å². The van der Waals surface area contributed by atoms with Gasteiger partial charge in [-0.25, -0.2) is 4.98 Å². The van der Waals surface area contributed by atoms with Crippen LogP contribution < -0.4 is 4.74 Å². The SMILES string of the molecule is CC(C)(C)c1cc2c3c(c1)ncn3CCO2. The second-order valence-corrected chi connectivity index (χ2v) is 5.38. The van der Waals surface area contributed by atoms with Crippen molar-refractivity contribution in [1.29, 1.82) is 0 Å². The minimum absolute atomic E-state index is 0.134. The molecule has 1 aromatic heterocycles. The quantitative estimate of drug-likeness (QED) is 0.677. The molecule has 3 rings (SSSR count). The molecular weight excluding hydrogens is 200 g/mol. The van der Waals surface area contributed by atoms with Gasteiger partial charge in [0, 0.05) is 0 Å². The highest BCUT2D eigenvalue weighted by molar-refractivity contribution is 5.83. The van der Waals surface area contributed by atoms with Crippen LogP contribution >= 0.6 is 0 Å². The molecule has 84 valence electrons. The molecule has 0 bridgehead atoms. The van der Waals surface area contributed by atoms with Crippen molar-refractivity contribution in [2.45, 2.75) is 32.7 Å². The lowest BCUT2D eigenvalue weighted by molar-refractivity contribution is 0.286. The van der Waals surface area contributed by atoms with Crippen molar-refractivity contribution in [3.8, 4) is 5.75 Å². The normalized spacial score (nSPS) is 15.2. The maximum atomic E-state index is 5.73. The van der Waals surface area contributed by atoms with Crippen LogP contribution in [0.1, 0.15) is 26.3 Å². The monoisotopic (exact) mass is 216 g/mol. The minimum atomic E-state index is 0.134. The molecule has 0 amide bonds. The smallest absolute Gasteiger partial charge is 0.145 e. The van der Waals surface area contributed by atoms with E-state index in [1.807, 2.05) is 6.33 Å². The second kappa shape index (κ2) is 3.00. The first kappa shape index (κ1) is 9.70. The molecule has 0 fully saturated rings. The van der Waals surface area contributed by atoms with Gasteiger partial charge in [-0.15, -0.1) is 0 Å². The molecule has 2 aromatic rings. The van der Waals surface area contributed by atoms with Crippen molar-refractivity contribution < 1.29 is 4.74 Å². The molecule has 0 unspecified atom stereocenters. The van der Waals surface area contributed by atoms with Crippen LogP contribution in [0.3, 0.4) is 0 Å². The summed E-state index contributed by atoms with van der Waals surface area (Å²) in [6, 6.07) is 4.32. The number of benzene rings is 1. The first-order valence-corrected chi connectivity index (χ1v) is 5.68. The van der Waals surface area contributed by atoms with E-state index in [0.29, 0.717) is 0 Å². The molecule has 0 aliphatic carbocycles. The van der Waals surface area contributed by atoms with E-state index in [2.05, 4.69) is 42.5 Å². The molecule has 0 radical (unpaired) electrons. The summed E-state index contributed by atoms with van der Waals surface area (Å²) >= 11 is 0. The molecule has 3 heteroatoms. The predicted molar refractivity (Wildman–Crippen MR) is 63.9 cm³/mol. The highest BCUT2D eigenvalue weighted by Crippen LogP contribution is 2.34. The van der Waals surface area contributed by atoms with Crippen molar-refractivity contribution >= 4 is 11.0 Å². The van der Waals surface area contributed by atoms with Gasteiger partial charge in [0.25, 0.3) is 0 Å². The summed E-state index contributed by atoms with van der Waals surface area (Å²) in [5, 5.41) is 0. The van der Waals surface area contributed by atoms with Crippen molar-refractivity contribution in [1.82, 2.24) is 9.55 Å². The van der Waals surface area contributed by atoms with E-state index < -0.39 is 0 Å². The van der Waals surface area contributed by atoms with E-state index in [0.717, 1.165) is 29.9 Å². The van der Waals surface area contributed by atoms with E-state index in [4.69, 9.17) is 4.74 Å². The standard InChI is InChI=1S/C13H16N2O/c1-13(2,3)9-6-10-12-11(7-9)16-5-4-15(12)8-14-10/h6-8H,4-5H2,1-3H3. The molecule has 0 atom stereocenters. The molecule has 0 saturated carbocycles. The fourth-order valence-corrected chi connectivity index (χ4v) is 2.14. The topological polar surface area (TPSA) is 27.1 Å². The second-order valence-electron chi connectivity index (χ2n) is 5.38. The zero-order valence-electron chi connectivity index (χ0n) is 9.95. The minimum Gasteiger partial charge on any atom is -0.489 e. The molecule has 2 heterocycles. The zero-order valence-corrected chi connectivity index (χ0v) is 9.95. The molecule has 16 heavy (non-hydrogen) atoms. The maximum absolute atomic E-state index is 5.73. The number of hydrogen-bond acceptors (Lipinski definition) is 2. The lowest BCUT2D eigenvalue weighted by Crippen LogP contribution is -2.16. The Labute approximate surface area is 95.0 Å². The average Bonchev–Trinajstić information content (AvgIpc) is 2.62. The van der Waals surface area contributed by atoms with E-state index in [1.54, 1.807) is 0 Å². The van der Waals surface area contributed by atoms with E-state index >= 15 is 0 Å². The Morgan fingerprint density at radius 1 is 1.31 bits per heavy atom. The van der Waals surface area contributed by atoms with Gasteiger partial charge >= 0.3 is 0 Å². The zero-order chi connectivity index (χ0) is 11.3. The van der Waals surface area contributed by atoms with Crippen molar-refractivity contribution in [2.75, 3.05) is 6.61 Å². The van der Waals surface area contributed by atoms with Gasteiger partial charge in [-0.2, -0.15) is 0 Å². The molecule has 1 aliphatic rings. The lowest BCUT2D eigenvalue weighted by atomic mass is 9.86. The predicted octanol–water partition coefficient (Wildman–Crippen LogP) is 2.73. The van der Waals surface area contributed by atoms with Gasteiger partial charge < -0.3 is 9.30 Å². The van der Waals surface area contributed by atoms with Crippen LogP contribution in [-0.4, -0.2) is 16.2 Å². The Kier molecular flexibility index (Phi) is 1.82. The van der Waals surface area contributed by atoms with Crippen LogP contribution in [0, 0.1) is 0 Å². The Balaban J connectivity index is 2.31. The fourth-order valence-electron chi connectivity index (χ4n) is 2.14. The number of imidazole rings is 1. The van der Waals surface area contributed by atoms with Crippen LogP contribution in [0.2, 0.25) is 0 Å². The molecular formula is C13H16N2O. The number of rotatable bonds is 0. The summed E-state index contributed by atoms with van der Waals surface area (Å²) in [5.74, 6) is 0.978. The maximum Gasteiger partial charge on any atom is 0.145 e. The van der Waals surface area contributed by atoms with Crippen LogP contribution in [0.5, 0.6) is 5.75 Å². The third-order valence-corrected chi connectivity index (χ3v) is 3.13. The number of hydrogen-bond donors (Lipinski definition) is 0. The molecule has 0 spiro atoms. The molecule has 0 saturated heterocycles. The third-order valence-electron chi connectivity index (χ3n) is 3.13. The van der Waals surface area contributed by atoms with Gasteiger partial charge in [-0.1, -0.05) is 20.8 Å². The number of ether oxygens (including phenoxy) is 1. The van der Waals surface area contributed by atoms with Crippen LogP contribution in [0.25, 0.3) is 11.0 Å². The van der Waals surface area contributed by atoms with Crippen molar-refractivity contribution in [3.63, 3.8) is 0 Å². The van der Waals surface area contributed by atoms with Crippen LogP contribution in [-0.2, 0) is 12.0 Å². The molecule has 1 aromatic carbocycles. The van der Waals surface area contributed by atoms with Crippen LogP contribution in [0.15, 0.2) is 18.5 Å². The Hall–Kier alpha value is -1.51. The van der Waals surface area contributed by atoms with Gasteiger partial charge in [-0.3, -0.25) is 0 Å². The summed E-state index contributed by atoms with van der Waals surface area (Å²) in [6.45, 7) is 8.27.